The zero-order chi connectivity index (χ0) is 17.7. The number of carbonyl (C=O) groups is 3. The number of carbonyl (C=O) groups excluding carboxylic acids is 1. The molecule has 0 bridgehead atoms. The number of piperidine rings is 1. The molecule has 3 N–H and O–H groups in total. The first kappa shape index (κ1) is 19.2. The van der Waals surface area contributed by atoms with Crippen molar-refractivity contribution in [2.75, 3.05) is 26.2 Å². The van der Waals surface area contributed by atoms with E-state index in [4.69, 9.17) is 24.5 Å². The lowest BCUT2D eigenvalue weighted by atomic mass is 9.78. The van der Waals surface area contributed by atoms with E-state index in [1.165, 1.54) is 6.42 Å². The van der Waals surface area contributed by atoms with E-state index in [-0.39, 0.29) is 11.7 Å². The van der Waals surface area contributed by atoms with Gasteiger partial charge in [0.15, 0.2) is 0 Å². The van der Waals surface area contributed by atoms with Gasteiger partial charge in [0.1, 0.15) is 5.60 Å². The Morgan fingerprint density at radius 2 is 1.57 bits per heavy atom. The van der Waals surface area contributed by atoms with Crippen molar-refractivity contribution in [3.63, 3.8) is 0 Å². The van der Waals surface area contributed by atoms with Crippen LogP contribution >= 0.6 is 0 Å². The number of aliphatic carboxylic acids is 2. The second-order valence-corrected chi connectivity index (χ2v) is 7.00. The van der Waals surface area contributed by atoms with Gasteiger partial charge >= 0.3 is 18.0 Å². The molecule has 2 aliphatic rings. The smallest absolute Gasteiger partial charge is 0.414 e. The van der Waals surface area contributed by atoms with Crippen LogP contribution in [0, 0.1) is 5.41 Å². The second kappa shape index (κ2) is 7.63. The number of nitrogens with one attached hydrogen (secondary N) is 1. The van der Waals surface area contributed by atoms with E-state index in [2.05, 4.69) is 5.32 Å². The molecule has 2 rings (SSSR count). The van der Waals surface area contributed by atoms with Crippen LogP contribution in [-0.2, 0) is 14.3 Å². The molecule has 0 atom stereocenters. The number of ether oxygens (including phenoxy) is 1. The molecule has 2 saturated heterocycles. The molecule has 0 aliphatic carbocycles. The predicted molar refractivity (Wildman–Crippen MR) is 82.2 cm³/mol. The molecular weight excluding hydrogens is 304 g/mol. The van der Waals surface area contributed by atoms with Crippen molar-refractivity contribution in [1.82, 2.24) is 10.2 Å². The lowest BCUT2D eigenvalue weighted by Gasteiger charge is -2.39. The summed E-state index contributed by atoms with van der Waals surface area (Å²) in [5, 5.41) is 18.2. The summed E-state index contributed by atoms with van der Waals surface area (Å²) in [5.74, 6) is -3.65. The molecule has 1 spiro atoms. The van der Waals surface area contributed by atoms with E-state index in [1.54, 1.807) is 0 Å². The molecule has 0 aromatic carbocycles. The van der Waals surface area contributed by atoms with Crippen molar-refractivity contribution < 1.29 is 29.3 Å². The highest BCUT2D eigenvalue weighted by atomic mass is 16.6. The zero-order valence-electron chi connectivity index (χ0n) is 13.9. The summed E-state index contributed by atoms with van der Waals surface area (Å²) < 4.78 is 5.40. The van der Waals surface area contributed by atoms with Gasteiger partial charge in [-0.05, 0) is 52.0 Å². The van der Waals surface area contributed by atoms with Crippen molar-refractivity contribution in [3.05, 3.63) is 0 Å². The molecule has 132 valence electrons. The molecule has 0 aromatic heterocycles. The molecule has 8 heteroatoms. The van der Waals surface area contributed by atoms with Crippen LogP contribution in [0.25, 0.3) is 0 Å². The first-order valence-corrected chi connectivity index (χ1v) is 7.70. The molecule has 0 radical (unpaired) electrons. The Balaban J connectivity index is 0.000000379. The van der Waals surface area contributed by atoms with Gasteiger partial charge in [-0.25, -0.2) is 14.4 Å². The minimum Gasteiger partial charge on any atom is -0.473 e. The van der Waals surface area contributed by atoms with Gasteiger partial charge in [0, 0.05) is 19.6 Å². The normalized spacial score (nSPS) is 19.7. The fourth-order valence-corrected chi connectivity index (χ4v) is 2.71. The van der Waals surface area contributed by atoms with Crippen molar-refractivity contribution in [2.24, 2.45) is 5.41 Å². The third kappa shape index (κ3) is 6.43. The van der Waals surface area contributed by atoms with Gasteiger partial charge in [-0.1, -0.05) is 0 Å². The Bertz CT molecular complexity index is 429. The van der Waals surface area contributed by atoms with Gasteiger partial charge in [-0.15, -0.1) is 0 Å². The lowest BCUT2D eigenvalue weighted by Crippen LogP contribution is -2.45. The largest absolute Gasteiger partial charge is 0.473 e. The zero-order valence-corrected chi connectivity index (χ0v) is 13.9. The van der Waals surface area contributed by atoms with Gasteiger partial charge in [-0.3, -0.25) is 0 Å². The number of carboxylic acid groups (broad SMARTS) is 2. The molecule has 23 heavy (non-hydrogen) atoms. The number of nitrogens with zero attached hydrogens (tertiary/aromatic N) is 1. The third-order valence-electron chi connectivity index (χ3n) is 3.99. The SMILES string of the molecule is CC(C)(C)OC(=O)N1CCC2(CCNC2)CC1.O=C(O)C(=O)O. The van der Waals surface area contributed by atoms with E-state index >= 15 is 0 Å². The number of rotatable bonds is 0. The quantitative estimate of drug-likeness (QED) is 0.570. The first-order valence-electron chi connectivity index (χ1n) is 7.70. The Kier molecular flexibility index (Phi) is 6.37. The topological polar surface area (TPSA) is 116 Å². The Morgan fingerprint density at radius 1 is 1.04 bits per heavy atom. The lowest BCUT2D eigenvalue weighted by molar-refractivity contribution is -0.159. The average Bonchev–Trinajstić information content (AvgIpc) is 2.86. The summed E-state index contributed by atoms with van der Waals surface area (Å²) in [6, 6.07) is 0. The average molecular weight is 330 g/mol. The molecule has 0 aromatic rings. The van der Waals surface area contributed by atoms with Crippen LogP contribution in [0.3, 0.4) is 0 Å². The fraction of sp³-hybridized carbons (Fsp3) is 0.800. The van der Waals surface area contributed by atoms with Crippen molar-refractivity contribution in [1.29, 1.82) is 0 Å². The molecule has 2 fully saturated rings. The molecule has 0 unspecified atom stereocenters. The highest BCUT2D eigenvalue weighted by molar-refractivity contribution is 6.27. The molecule has 2 heterocycles. The summed E-state index contributed by atoms with van der Waals surface area (Å²) >= 11 is 0. The van der Waals surface area contributed by atoms with Gasteiger partial charge in [0.05, 0.1) is 0 Å². The monoisotopic (exact) mass is 330 g/mol. The molecule has 0 saturated carbocycles. The maximum Gasteiger partial charge on any atom is 0.414 e. The molecular formula is C15H26N2O6. The van der Waals surface area contributed by atoms with Crippen molar-refractivity contribution >= 4 is 18.0 Å². The number of likely N-dealkylation sites (tertiary alicyclic amines) is 1. The number of hydrogen-bond acceptors (Lipinski definition) is 5. The van der Waals surface area contributed by atoms with Crippen LogP contribution in [0.5, 0.6) is 0 Å². The maximum absolute atomic E-state index is 11.9. The summed E-state index contributed by atoms with van der Waals surface area (Å²) in [4.78, 5) is 32.0. The van der Waals surface area contributed by atoms with Gasteiger partial charge in [0.2, 0.25) is 0 Å². The van der Waals surface area contributed by atoms with E-state index in [9.17, 15) is 4.79 Å². The van der Waals surface area contributed by atoms with E-state index in [1.807, 2.05) is 25.7 Å². The minimum absolute atomic E-state index is 0.154. The predicted octanol–water partition coefficient (Wildman–Crippen LogP) is 1.15. The van der Waals surface area contributed by atoms with E-state index in [0.29, 0.717) is 5.41 Å². The highest BCUT2D eigenvalue weighted by Crippen LogP contribution is 2.37. The van der Waals surface area contributed by atoms with Crippen LogP contribution in [0.15, 0.2) is 0 Å². The second-order valence-electron chi connectivity index (χ2n) is 7.00. The minimum atomic E-state index is -1.82. The van der Waals surface area contributed by atoms with Crippen LogP contribution < -0.4 is 5.32 Å². The molecule has 1 amide bonds. The van der Waals surface area contributed by atoms with Crippen LogP contribution in [-0.4, -0.2) is 64.9 Å². The summed E-state index contributed by atoms with van der Waals surface area (Å²) in [6.07, 6.45) is 3.33. The van der Waals surface area contributed by atoms with Crippen molar-refractivity contribution in [2.45, 2.75) is 45.6 Å². The Labute approximate surface area is 135 Å². The fourth-order valence-electron chi connectivity index (χ4n) is 2.71. The van der Waals surface area contributed by atoms with E-state index < -0.39 is 11.9 Å². The summed E-state index contributed by atoms with van der Waals surface area (Å²) in [7, 11) is 0. The summed E-state index contributed by atoms with van der Waals surface area (Å²) in [6.45, 7) is 9.68. The highest BCUT2D eigenvalue weighted by Gasteiger charge is 2.38. The standard InChI is InChI=1S/C13H24N2O2.C2H2O4/c1-12(2,3)17-11(16)15-8-5-13(6-9-15)4-7-14-10-13;3-1(4)2(5)6/h14H,4-10H2,1-3H3;(H,3,4)(H,5,6). The van der Waals surface area contributed by atoms with Gasteiger partial charge in [0.25, 0.3) is 0 Å². The number of amides is 1. The number of hydrogen-bond donors (Lipinski definition) is 3. The van der Waals surface area contributed by atoms with Crippen LogP contribution in [0.4, 0.5) is 4.79 Å². The van der Waals surface area contributed by atoms with Crippen LogP contribution in [0.2, 0.25) is 0 Å². The maximum atomic E-state index is 11.9. The molecule has 2 aliphatic heterocycles. The van der Waals surface area contributed by atoms with Crippen LogP contribution in [0.1, 0.15) is 40.0 Å². The van der Waals surface area contributed by atoms with Crippen molar-refractivity contribution in [3.8, 4) is 0 Å². The van der Waals surface area contributed by atoms with E-state index in [0.717, 1.165) is 39.0 Å². The summed E-state index contributed by atoms with van der Waals surface area (Å²) in [5.41, 5.74) is 0.0691. The first-order chi connectivity index (χ1) is 10.5. The third-order valence-corrected chi connectivity index (χ3v) is 3.99. The Morgan fingerprint density at radius 3 is 1.91 bits per heavy atom. The Hall–Kier alpha value is -1.83. The number of carboxylic acids is 2. The molecule has 8 nitrogen and oxygen atoms in total. The van der Waals surface area contributed by atoms with Gasteiger partial charge < -0.3 is 25.2 Å². The van der Waals surface area contributed by atoms with Gasteiger partial charge in [-0.2, -0.15) is 0 Å².